The molecule has 3 rings (SSSR count). The lowest BCUT2D eigenvalue weighted by Gasteiger charge is -2.18. The molecular formula is C19H23N5OS. The molecule has 0 atom stereocenters. The van der Waals surface area contributed by atoms with Crippen molar-refractivity contribution in [3.63, 3.8) is 0 Å². The van der Waals surface area contributed by atoms with Gasteiger partial charge in [0.05, 0.1) is 23.0 Å². The molecule has 1 aromatic carbocycles. The van der Waals surface area contributed by atoms with Crippen molar-refractivity contribution in [2.24, 2.45) is 0 Å². The minimum Gasteiger partial charge on any atom is -0.343 e. The second kappa shape index (κ2) is 7.86. The van der Waals surface area contributed by atoms with Gasteiger partial charge in [0.2, 0.25) is 5.91 Å². The fraction of sp³-hybridized carbons (Fsp3) is 0.368. The van der Waals surface area contributed by atoms with Crippen LogP contribution in [0.25, 0.3) is 16.7 Å². The number of aryl methyl sites for hydroxylation is 2. The van der Waals surface area contributed by atoms with Crippen LogP contribution in [-0.4, -0.2) is 49.4 Å². The van der Waals surface area contributed by atoms with Gasteiger partial charge in [0.25, 0.3) is 0 Å². The summed E-state index contributed by atoms with van der Waals surface area (Å²) in [6.07, 6.45) is 3.31. The van der Waals surface area contributed by atoms with Crippen LogP contribution in [0.2, 0.25) is 0 Å². The second-order valence-electron chi connectivity index (χ2n) is 6.12. The van der Waals surface area contributed by atoms with Crippen LogP contribution in [0.1, 0.15) is 25.0 Å². The number of aromatic nitrogens is 4. The fourth-order valence-electron chi connectivity index (χ4n) is 2.95. The number of benzene rings is 1. The SMILES string of the molecule is CCN(CC)C(=O)CSc1ncnc2c1cnn2-c1ccc(C)cc1C. The summed E-state index contributed by atoms with van der Waals surface area (Å²) in [5, 5.41) is 6.17. The van der Waals surface area contributed by atoms with E-state index in [1.54, 1.807) is 6.20 Å². The molecule has 2 heterocycles. The van der Waals surface area contributed by atoms with Crippen molar-refractivity contribution in [2.45, 2.75) is 32.7 Å². The predicted octanol–water partition coefficient (Wildman–Crippen LogP) is 3.39. The average molecular weight is 369 g/mol. The number of carbonyl (C=O) groups excluding carboxylic acids is 1. The monoisotopic (exact) mass is 369 g/mol. The zero-order chi connectivity index (χ0) is 18.7. The first-order valence-corrected chi connectivity index (χ1v) is 9.70. The topological polar surface area (TPSA) is 63.9 Å². The van der Waals surface area contributed by atoms with Crippen LogP contribution in [-0.2, 0) is 4.79 Å². The van der Waals surface area contributed by atoms with E-state index in [0.717, 1.165) is 40.4 Å². The largest absolute Gasteiger partial charge is 0.343 e. The highest BCUT2D eigenvalue weighted by molar-refractivity contribution is 8.00. The normalized spacial score (nSPS) is 11.1. The van der Waals surface area contributed by atoms with E-state index in [1.165, 1.54) is 23.7 Å². The molecule has 3 aromatic rings. The summed E-state index contributed by atoms with van der Waals surface area (Å²) >= 11 is 1.44. The zero-order valence-corrected chi connectivity index (χ0v) is 16.4. The molecule has 2 aromatic heterocycles. The molecule has 26 heavy (non-hydrogen) atoms. The minimum atomic E-state index is 0.119. The highest BCUT2D eigenvalue weighted by Crippen LogP contribution is 2.27. The molecule has 0 saturated carbocycles. The van der Waals surface area contributed by atoms with Crippen molar-refractivity contribution in [3.05, 3.63) is 41.9 Å². The second-order valence-corrected chi connectivity index (χ2v) is 7.08. The van der Waals surface area contributed by atoms with E-state index in [1.807, 2.05) is 23.4 Å². The zero-order valence-electron chi connectivity index (χ0n) is 15.6. The first-order valence-electron chi connectivity index (χ1n) is 8.72. The van der Waals surface area contributed by atoms with E-state index in [4.69, 9.17) is 0 Å². The van der Waals surface area contributed by atoms with E-state index in [9.17, 15) is 4.79 Å². The highest BCUT2D eigenvalue weighted by Gasteiger charge is 2.15. The van der Waals surface area contributed by atoms with Gasteiger partial charge in [-0.15, -0.1) is 0 Å². The summed E-state index contributed by atoms with van der Waals surface area (Å²) in [6.45, 7) is 9.56. The maximum Gasteiger partial charge on any atom is 0.232 e. The van der Waals surface area contributed by atoms with E-state index < -0.39 is 0 Å². The summed E-state index contributed by atoms with van der Waals surface area (Å²) in [7, 11) is 0. The van der Waals surface area contributed by atoms with Crippen LogP contribution in [0, 0.1) is 13.8 Å². The molecule has 7 heteroatoms. The predicted molar refractivity (Wildman–Crippen MR) is 105 cm³/mol. The van der Waals surface area contributed by atoms with E-state index in [2.05, 4.69) is 47.1 Å². The van der Waals surface area contributed by atoms with Gasteiger partial charge in [-0.25, -0.2) is 14.6 Å². The van der Waals surface area contributed by atoms with Crippen molar-refractivity contribution in [3.8, 4) is 5.69 Å². The Morgan fingerprint density at radius 1 is 1.19 bits per heavy atom. The van der Waals surface area contributed by atoms with Crippen LogP contribution in [0.15, 0.2) is 35.7 Å². The number of hydrogen-bond acceptors (Lipinski definition) is 5. The Hall–Kier alpha value is -2.41. The van der Waals surface area contributed by atoms with Crippen LogP contribution >= 0.6 is 11.8 Å². The van der Waals surface area contributed by atoms with E-state index in [-0.39, 0.29) is 5.91 Å². The third-order valence-corrected chi connectivity index (χ3v) is 5.35. The standard InChI is InChI=1S/C19H23N5OS/c1-5-23(6-2)17(25)11-26-19-15-10-22-24(18(15)20-12-21-19)16-8-7-13(3)9-14(16)4/h7-10,12H,5-6,11H2,1-4H3. The van der Waals surface area contributed by atoms with Gasteiger partial charge in [-0.1, -0.05) is 29.5 Å². The Balaban J connectivity index is 1.90. The molecule has 6 nitrogen and oxygen atoms in total. The number of hydrogen-bond donors (Lipinski definition) is 0. The van der Waals surface area contributed by atoms with E-state index >= 15 is 0 Å². The Morgan fingerprint density at radius 2 is 1.96 bits per heavy atom. The Bertz CT molecular complexity index is 933. The van der Waals surface area contributed by atoms with Gasteiger partial charge in [-0.05, 0) is 39.3 Å². The number of amides is 1. The molecule has 0 bridgehead atoms. The molecule has 0 N–H and O–H groups in total. The van der Waals surface area contributed by atoms with Crippen molar-refractivity contribution >= 4 is 28.7 Å². The van der Waals surface area contributed by atoms with E-state index in [0.29, 0.717) is 5.75 Å². The summed E-state index contributed by atoms with van der Waals surface area (Å²) in [5.41, 5.74) is 4.10. The summed E-state index contributed by atoms with van der Waals surface area (Å²) in [5.74, 6) is 0.483. The van der Waals surface area contributed by atoms with Crippen molar-refractivity contribution in [2.75, 3.05) is 18.8 Å². The summed E-state index contributed by atoms with van der Waals surface area (Å²) < 4.78 is 1.84. The number of nitrogens with zero attached hydrogens (tertiary/aromatic N) is 5. The number of carbonyl (C=O) groups is 1. The lowest BCUT2D eigenvalue weighted by molar-refractivity contribution is -0.127. The Morgan fingerprint density at radius 3 is 2.65 bits per heavy atom. The molecule has 0 unspecified atom stereocenters. The fourth-order valence-corrected chi connectivity index (χ4v) is 3.82. The highest BCUT2D eigenvalue weighted by atomic mass is 32.2. The summed E-state index contributed by atoms with van der Waals surface area (Å²) in [4.78, 5) is 22.9. The molecular weight excluding hydrogens is 346 g/mol. The molecule has 0 radical (unpaired) electrons. The molecule has 0 aliphatic carbocycles. The minimum absolute atomic E-state index is 0.119. The first-order chi connectivity index (χ1) is 12.5. The summed E-state index contributed by atoms with van der Waals surface area (Å²) in [6, 6.07) is 6.24. The average Bonchev–Trinajstić information content (AvgIpc) is 3.05. The van der Waals surface area contributed by atoms with Gasteiger partial charge in [0, 0.05) is 13.1 Å². The smallest absolute Gasteiger partial charge is 0.232 e. The number of fused-ring (bicyclic) bond motifs is 1. The third kappa shape index (κ3) is 3.58. The van der Waals surface area contributed by atoms with Crippen LogP contribution in [0.5, 0.6) is 0 Å². The quantitative estimate of drug-likeness (QED) is 0.492. The van der Waals surface area contributed by atoms with Gasteiger partial charge in [0.15, 0.2) is 5.65 Å². The molecule has 0 fully saturated rings. The van der Waals surface area contributed by atoms with Gasteiger partial charge in [-0.3, -0.25) is 4.79 Å². The van der Waals surface area contributed by atoms with Crippen LogP contribution < -0.4 is 0 Å². The van der Waals surface area contributed by atoms with Crippen molar-refractivity contribution < 1.29 is 4.79 Å². The Labute approximate surface area is 157 Å². The van der Waals surface area contributed by atoms with Crippen molar-refractivity contribution in [1.29, 1.82) is 0 Å². The molecule has 1 amide bonds. The van der Waals surface area contributed by atoms with Gasteiger partial charge >= 0.3 is 0 Å². The molecule has 0 aliphatic rings. The van der Waals surface area contributed by atoms with Gasteiger partial charge in [-0.2, -0.15) is 5.10 Å². The number of thioether (sulfide) groups is 1. The first kappa shape index (κ1) is 18.4. The van der Waals surface area contributed by atoms with Crippen molar-refractivity contribution in [1.82, 2.24) is 24.6 Å². The molecule has 0 aliphatic heterocycles. The third-order valence-electron chi connectivity index (χ3n) is 4.36. The lowest BCUT2D eigenvalue weighted by atomic mass is 10.1. The lowest BCUT2D eigenvalue weighted by Crippen LogP contribution is -2.31. The Kier molecular flexibility index (Phi) is 5.56. The molecule has 136 valence electrons. The van der Waals surface area contributed by atoms with Gasteiger partial charge < -0.3 is 4.90 Å². The molecule has 0 spiro atoms. The van der Waals surface area contributed by atoms with Crippen LogP contribution in [0.3, 0.4) is 0 Å². The number of rotatable bonds is 6. The van der Waals surface area contributed by atoms with Crippen LogP contribution in [0.4, 0.5) is 0 Å². The maximum absolute atomic E-state index is 12.3. The molecule has 0 saturated heterocycles. The van der Waals surface area contributed by atoms with Gasteiger partial charge in [0.1, 0.15) is 11.4 Å². The maximum atomic E-state index is 12.3.